The molecule has 3 rings (SSSR count). The van der Waals surface area contributed by atoms with Crippen molar-refractivity contribution in [2.45, 2.75) is 19.8 Å². The summed E-state index contributed by atoms with van der Waals surface area (Å²) in [5.74, 6) is 1.63. The van der Waals surface area contributed by atoms with Crippen LogP contribution in [0, 0.1) is 0 Å². The maximum Gasteiger partial charge on any atom is 0.282 e. The van der Waals surface area contributed by atoms with Crippen molar-refractivity contribution in [1.82, 2.24) is 9.66 Å². The zero-order chi connectivity index (χ0) is 21.8. The third-order valence-corrected chi connectivity index (χ3v) is 5.23. The summed E-state index contributed by atoms with van der Waals surface area (Å²) < 4.78 is 14.2. The molecule has 0 fully saturated rings. The predicted octanol–water partition coefficient (Wildman–Crippen LogP) is 5.50. The average Bonchev–Trinajstić information content (AvgIpc) is 2.71. The quantitative estimate of drug-likeness (QED) is 0.296. The molecule has 30 heavy (non-hydrogen) atoms. The van der Waals surface area contributed by atoms with E-state index in [4.69, 9.17) is 9.47 Å². The molecule has 0 aliphatic heterocycles. The van der Waals surface area contributed by atoms with E-state index in [0.717, 1.165) is 8.95 Å². The van der Waals surface area contributed by atoms with Crippen molar-refractivity contribution in [2.24, 2.45) is 5.10 Å². The fourth-order valence-electron chi connectivity index (χ4n) is 2.90. The molecule has 0 aliphatic rings. The van der Waals surface area contributed by atoms with Crippen LogP contribution in [-0.4, -0.2) is 29.6 Å². The Balaban J connectivity index is 2.19. The Bertz CT molecular complexity index is 1190. The number of methoxy groups -OCH3 is 1. The third-order valence-electron chi connectivity index (χ3n) is 4.28. The molecule has 0 N–H and O–H groups in total. The lowest BCUT2D eigenvalue weighted by molar-refractivity contribution is 0.326. The number of hydrogen-bond donors (Lipinski definition) is 0. The van der Waals surface area contributed by atoms with Crippen LogP contribution >= 0.6 is 31.9 Å². The van der Waals surface area contributed by atoms with Crippen LogP contribution in [0.25, 0.3) is 10.9 Å². The maximum absolute atomic E-state index is 13.2. The first-order valence-electron chi connectivity index (χ1n) is 9.23. The molecular weight excluding hydrogens is 514 g/mol. The van der Waals surface area contributed by atoms with Crippen molar-refractivity contribution in [3.8, 4) is 11.5 Å². The summed E-state index contributed by atoms with van der Waals surface area (Å²) in [5, 5.41) is 4.97. The zero-order valence-corrected chi connectivity index (χ0v) is 20.0. The van der Waals surface area contributed by atoms with Crippen LogP contribution in [-0.2, 0) is 0 Å². The van der Waals surface area contributed by atoms with E-state index in [9.17, 15) is 4.79 Å². The minimum Gasteiger partial charge on any atom is -0.493 e. The van der Waals surface area contributed by atoms with Crippen molar-refractivity contribution in [3.05, 3.63) is 73.7 Å². The zero-order valence-electron chi connectivity index (χ0n) is 16.9. The molecule has 0 unspecified atom stereocenters. The standard InChI is InChI=1S/C22H21Br2N3O3/c1-5-8-30-20-14(9-16(24)11-19(20)29-4)12-25-27-21(13(2)3)26-18-7-6-15(23)10-17(18)22(27)28/h5-7,9-13H,1,8H2,2-4H3. The predicted molar refractivity (Wildman–Crippen MR) is 127 cm³/mol. The van der Waals surface area contributed by atoms with E-state index in [2.05, 4.69) is 48.5 Å². The number of halogens is 2. The van der Waals surface area contributed by atoms with Crippen molar-refractivity contribution >= 4 is 49.0 Å². The van der Waals surface area contributed by atoms with Crippen molar-refractivity contribution < 1.29 is 9.47 Å². The van der Waals surface area contributed by atoms with Crippen LogP contribution in [0.5, 0.6) is 11.5 Å². The fraction of sp³-hybridized carbons (Fsp3) is 0.227. The largest absolute Gasteiger partial charge is 0.493 e. The molecule has 0 saturated heterocycles. The van der Waals surface area contributed by atoms with Gasteiger partial charge >= 0.3 is 0 Å². The Hall–Kier alpha value is -2.45. The number of nitrogens with zero attached hydrogens (tertiary/aromatic N) is 3. The van der Waals surface area contributed by atoms with Crippen LogP contribution in [0.15, 0.2) is 61.8 Å². The highest BCUT2D eigenvalue weighted by atomic mass is 79.9. The van der Waals surface area contributed by atoms with Crippen LogP contribution in [0.1, 0.15) is 31.2 Å². The van der Waals surface area contributed by atoms with Gasteiger partial charge in [0, 0.05) is 20.4 Å². The molecule has 0 aliphatic carbocycles. The first kappa shape index (κ1) is 22.2. The average molecular weight is 535 g/mol. The first-order chi connectivity index (χ1) is 14.3. The molecule has 0 amide bonds. The number of ether oxygens (including phenoxy) is 2. The second kappa shape index (κ2) is 9.57. The maximum atomic E-state index is 13.2. The molecule has 0 atom stereocenters. The lowest BCUT2D eigenvalue weighted by Crippen LogP contribution is -2.23. The molecule has 1 heterocycles. The minimum atomic E-state index is -0.239. The molecule has 3 aromatic rings. The lowest BCUT2D eigenvalue weighted by Gasteiger charge is -2.14. The van der Waals surface area contributed by atoms with E-state index >= 15 is 0 Å². The summed E-state index contributed by atoms with van der Waals surface area (Å²) in [4.78, 5) is 17.8. The second-order valence-electron chi connectivity index (χ2n) is 6.77. The summed E-state index contributed by atoms with van der Waals surface area (Å²) in [5.41, 5.74) is 1.05. The van der Waals surface area contributed by atoms with Crippen molar-refractivity contribution in [3.63, 3.8) is 0 Å². The molecule has 0 radical (unpaired) electrons. The molecule has 6 nitrogen and oxygen atoms in total. The van der Waals surface area contributed by atoms with Gasteiger partial charge in [0.25, 0.3) is 5.56 Å². The van der Waals surface area contributed by atoms with E-state index in [1.165, 1.54) is 4.68 Å². The van der Waals surface area contributed by atoms with Gasteiger partial charge in [0.15, 0.2) is 11.5 Å². The molecule has 0 saturated carbocycles. The highest BCUT2D eigenvalue weighted by Crippen LogP contribution is 2.34. The topological polar surface area (TPSA) is 65.7 Å². The van der Waals surface area contributed by atoms with Gasteiger partial charge in [-0.3, -0.25) is 4.79 Å². The van der Waals surface area contributed by atoms with Crippen LogP contribution < -0.4 is 15.0 Å². The Kier molecular flexibility index (Phi) is 7.10. The molecule has 0 spiro atoms. The number of aromatic nitrogens is 2. The van der Waals surface area contributed by atoms with E-state index in [0.29, 0.717) is 40.4 Å². The fourth-order valence-corrected chi connectivity index (χ4v) is 3.72. The third kappa shape index (κ3) is 4.65. The minimum absolute atomic E-state index is 0.00331. The Labute approximate surface area is 191 Å². The first-order valence-corrected chi connectivity index (χ1v) is 10.8. The van der Waals surface area contributed by atoms with Crippen LogP contribution in [0.4, 0.5) is 0 Å². The number of hydrogen-bond acceptors (Lipinski definition) is 5. The number of fused-ring (bicyclic) bond motifs is 1. The Morgan fingerprint density at radius 2 is 2.00 bits per heavy atom. The Morgan fingerprint density at radius 1 is 1.23 bits per heavy atom. The monoisotopic (exact) mass is 533 g/mol. The molecule has 1 aromatic heterocycles. The van der Waals surface area contributed by atoms with E-state index in [1.807, 2.05) is 32.0 Å². The summed E-state index contributed by atoms with van der Waals surface area (Å²) in [6.45, 7) is 7.93. The molecule has 2 aromatic carbocycles. The molecule has 8 heteroatoms. The Morgan fingerprint density at radius 3 is 2.67 bits per heavy atom. The summed E-state index contributed by atoms with van der Waals surface area (Å²) in [6.07, 6.45) is 3.22. The van der Waals surface area contributed by atoms with Gasteiger partial charge in [0.2, 0.25) is 0 Å². The van der Waals surface area contributed by atoms with E-state index < -0.39 is 0 Å². The number of rotatable bonds is 7. The SMILES string of the molecule is C=CCOc1c(C=Nn2c(C(C)C)nc3ccc(Br)cc3c2=O)cc(Br)cc1OC. The van der Waals surface area contributed by atoms with Crippen LogP contribution in [0.3, 0.4) is 0 Å². The van der Waals surface area contributed by atoms with Gasteiger partial charge in [0.1, 0.15) is 12.4 Å². The smallest absolute Gasteiger partial charge is 0.282 e. The second-order valence-corrected chi connectivity index (χ2v) is 8.61. The van der Waals surface area contributed by atoms with Gasteiger partial charge in [-0.2, -0.15) is 9.78 Å². The lowest BCUT2D eigenvalue weighted by atomic mass is 10.2. The summed E-state index contributed by atoms with van der Waals surface area (Å²) >= 11 is 6.89. The van der Waals surface area contributed by atoms with Gasteiger partial charge in [0.05, 0.1) is 24.2 Å². The summed E-state index contributed by atoms with van der Waals surface area (Å²) in [7, 11) is 1.57. The molecule has 156 valence electrons. The van der Waals surface area contributed by atoms with Gasteiger partial charge < -0.3 is 9.47 Å². The van der Waals surface area contributed by atoms with Gasteiger partial charge in [-0.25, -0.2) is 4.98 Å². The van der Waals surface area contributed by atoms with Gasteiger partial charge in [-0.15, -0.1) is 0 Å². The van der Waals surface area contributed by atoms with E-state index in [1.54, 1.807) is 31.5 Å². The molecular formula is C22H21Br2N3O3. The van der Waals surface area contributed by atoms with Gasteiger partial charge in [-0.1, -0.05) is 58.4 Å². The van der Waals surface area contributed by atoms with Crippen LogP contribution in [0.2, 0.25) is 0 Å². The van der Waals surface area contributed by atoms with Gasteiger partial charge in [-0.05, 0) is 30.3 Å². The highest BCUT2D eigenvalue weighted by Gasteiger charge is 2.15. The van der Waals surface area contributed by atoms with E-state index in [-0.39, 0.29) is 11.5 Å². The van der Waals surface area contributed by atoms with Crippen molar-refractivity contribution in [1.29, 1.82) is 0 Å². The summed E-state index contributed by atoms with van der Waals surface area (Å²) in [6, 6.07) is 9.08. The molecule has 0 bridgehead atoms. The van der Waals surface area contributed by atoms with Crippen molar-refractivity contribution in [2.75, 3.05) is 13.7 Å². The number of benzene rings is 2. The highest BCUT2D eigenvalue weighted by molar-refractivity contribution is 9.10. The normalized spacial score (nSPS) is 11.4.